The van der Waals surface area contributed by atoms with Crippen molar-refractivity contribution in [2.24, 2.45) is 0 Å². The van der Waals surface area contributed by atoms with E-state index in [4.69, 9.17) is 17.3 Å². The van der Waals surface area contributed by atoms with Crippen LogP contribution in [0.2, 0.25) is 4.34 Å². The van der Waals surface area contributed by atoms with Crippen LogP contribution in [-0.2, 0) is 6.54 Å². The number of amides is 1. The van der Waals surface area contributed by atoms with Gasteiger partial charge in [0.05, 0.1) is 15.3 Å². The lowest BCUT2D eigenvalue weighted by Gasteiger charge is -2.07. The van der Waals surface area contributed by atoms with Crippen molar-refractivity contribution < 1.29 is 4.79 Å². The summed E-state index contributed by atoms with van der Waals surface area (Å²) in [6.45, 7) is 6.54. The van der Waals surface area contributed by atoms with Crippen LogP contribution in [0.4, 0.5) is 5.82 Å². The van der Waals surface area contributed by atoms with E-state index >= 15 is 0 Å². The van der Waals surface area contributed by atoms with Crippen LogP contribution in [0.15, 0.2) is 42.2 Å². The Bertz CT molecular complexity index is 1380. The lowest BCUT2D eigenvalue weighted by atomic mass is 10.0. The quantitative estimate of drug-likeness (QED) is 0.419. The molecular weight excluding hydrogens is 442 g/mol. The number of nitrogens with zero attached hydrogens (tertiary/aromatic N) is 3. The van der Waals surface area contributed by atoms with Gasteiger partial charge in [0.15, 0.2) is 0 Å². The lowest BCUT2D eigenvalue weighted by Crippen LogP contribution is -2.22. The molecule has 3 heterocycles. The number of hydrogen-bond acceptors (Lipinski definition) is 5. The fourth-order valence-corrected chi connectivity index (χ4v) is 4.26. The second-order valence-electron chi connectivity index (χ2n) is 7.72. The van der Waals surface area contributed by atoms with Gasteiger partial charge in [-0.2, -0.15) is 0 Å². The largest absolute Gasteiger partial charge is 0.383 e. The highest BCUT2D eigenvalue weighted by Gasteiger charge is 2.14. The monoisotopic (exact) mass is 463 g/mol. The molecule has 0 bridgehead atoms. The standard InChI is InChI=1S/C24H22ClN5OS/c1-14(2)30-11-19(21-22(26)28-13-29-23(21)30)7-6-17-9-18(5-4-15(17)3)24(31)27-10-16-8-20(25)32-12-16/h4-5,8-9,11-14H,10H2,1-3H3,(H,27,31)(H2,26,28,29). The SMILES string of the molecule is Cc1ccc(C(=O)NCc2csc(Cl)c2)cc1C#Cc1cn(C(C)C)c2ncnc(N)c12. The van der Waals surface area contributed by atoms with Crippen molar-refractivity contribution in [1.82, 2.24) is 19.9 Å². The summed E-state index contributed by atoms with van der Waals surface area (Å²) in [6, 6.07) is 7.55. The third-order valence-electron chi connectivity index (χ3n) is 5.10. The summed E-state index contributed by atoms with van der Waals surface area (Å²) >= 11 is 7.40. The summed E-state index contributed by atoms with van der Waals surface area (Å²) in [7, 11) is 0. The fourth-order valence-electron chi connectivity index (χ4n) is 3.35. The highest BCUT2D eigenvalue weighted by molar-refractivity contribution is 7.14. The Morgan fingerprint density at radius 3 is 2.75 bits per heavy atom. The average molecular weight is 464 g/mol. The predicted molar refractivity (Wildman–Crippen MR) is 130 cm³/mol. The summed E-state index contributed by atoms with van der Waals surface area (Å²) in [4.78, 5) is 21.1. The number of aryl methyl sites for hydroxylation is 1. The summed E-state index contributed by atoms with van der Waals surface area (Å²) in [5.74, 6) is 6.65. The molecule has 4 aromatic rings. The van der Waals surface area contributed by atoms with Crippen LogP contribution in [0, 0.1) is 18.8 Å². The molecule has 162 valence electrons. The summed E-state index contributed by atoms with van der Waals surface area (Å²) in [5, 5.41) is 5.59. The molecule has 0 atom stereocenters. The summed E-state index contributed by atoms with van der Waals surface area (Å²) < 4.78 is 2.73. The van der Waals surface area contributed by atoms with E-state index in [1.165, 1.54) is 17.7 Å². The van der Waals surface area contributed by atoms with Crippen LogP contribution in [-0.4, -0.2) is 20.4 Å². The van der Waals surface area contributed by atoms with Crippen molar-refractivity contribution in [3.8, 4) is 11.8 Å². The zero-order valence-electron chi connectivity index (χ0n) is 17.9. The second kappa shape index (κ2) is 9.03. The zero-order chi connectivity index (χ0) is 22.8. The van der Waals surface area contributed by atoms with Gasteiger partial charge in [0.25, 0.3) is 5.91 Å². The molecule has 3 aromatic heterocycles. The lowest BCUT2D eigenvalue weighted by molar-refractivity contribution is 0.0951. The fraction of sp³-hybridized carbons (Fsp3) is 0.208. The van der Waals surface area contributed by atoms with Crippen molar-refractivity contribution >= 4 is 45.7 Å². The van der Waals surface area contributed by atoms with E-state index < -0.39 is 0 Å². The number of anilines is 1. The maximum Gasteiger partial charge on any atom is 0.251 e. The van der Waals surface area contributed by atoms with E-state index in [0.717, 1.165) is 33.3 Å². The van der Waals surface area contributed by atoms with E-state index in [0.29, 0.717) is 22.3 Å². The molecule has 0 aliphatic carbocycles. The molecule has 0 unspecified atom stereocenters. The van der Waals surface area contributed by atoms with Crippen LogP contribution in [0.1, 0.15) is 52.5 Å². The molecule has 0 aliphatic heterocycles. The molecule has 1 amide bonds. The van der Waals surface area contributed by atoms with Gasteiger partial charge in [-0.25, -0.2) is 9.97 Å². The molecule has 3 N–H and O–H groups in total. The van der Waals surface area contributed by atoms with Gasteiger partial charge in [0, 0.05) is 29.9 Å². The number of nitrogens with two attached hydrogens (primary N) is 1. The molecule has 0 saturated heterocycles. The number of thiophene rings is 1. The number of benzene rings is 1. The number of fused-ring (bicyclic) bond motifs is 1. The first-order chi connectivity index (χ1) is 15.3. The number of rotatable bonds is 4. The molecule has 32 heavy (non-hydrogen) atoms. The second-order valence-corrected chi connectivity index (χ2v) is 9.27. The molecule has 6 nitrogen and oxygen atoms in total. The number of carbonyl (C=O) groups is 1. The summed E-state index contributed by atoms with van der Waals surface area (Å²) in [5.41, 5.74) is 10.9. The van der Waals surface area contributed by atoms with E-state index in [-0.39, 0.29) is 11.9 Å². The number of aromatic nitrogens is 3. The molecule has 1 aromatic carbocycles. The maximum atomic E-state index is 12.6. The minimum absolute atomic E-state index is 0.163. The van der Waals surface area contributed by atoms with Gasteiger partial charge in [0.2, 0.25) is 0 Å². The Hall–Kier alpha value is -3.34. The first kappa shape index (κ1) is 21.9. The highest BCUT2D eigenvalue weighted by Crippen LogP contribution is 2.26. The van der Waals surface area contributed by atoms with Crippen LogP contribution in [0.5, 0.6) is 0 Å². The molecule has 0 fully saturated rings. The normalized spacial score (nSPS) is 10.9. The third kappa shape index (κ3) is 4.47. The minimum Gasteiger partial charge on any atom is -0.383 e. The van der Waals surface area contributed by atoms with Crippen molar-refractivity contribution in [2.45, 2.75) is 33.4 Å². The molecular formula is C24H22ClN5OS. The molecule has 0 radical (unpaired) electrons. The van der Waals surface area contributed by atoms with Gasteiger partial charge in [-0.3, -0.25) is 4.79 Å². The van der Waals surface area contributed by atoms with Crippen molar-refractivity contribution in [1.29, 1.82) is 0 Å². The topological polar surface area (TPSA) is 85.8 Å². The average Bonchev–Trinajstić information content (AvgIpc) is 3.35. The van der Waals surface area contributed by atoms with Crippen LogP contribution < -0.4 is 11.1 Å². The smallest absolute Gasteiger partial charge is 0.251 e. The molecule has 8 heteroatoms. The Morgan fingerprint density at radius 1 is 1.25 bits per heavy atom. The van der Waals surface area contributed by atoms with Gasteiger partial charge in [-0.1, -0.05) is 29.5 Å². The van der Waals surface area contributed by atoms with Gasteiger partial charge < -0.3 is 15.6 Å². The predicted octanol–water partition coefficient (Wildman–Crippen LogP) is 4.95. The maximum absolute atomic E-state index is 12.6. The van der Waals surface area contributed by atoms with Gasteiger partial charge in [0.1, 0.15) is 17.8 Å². The molecule has 0 spiro atoms. The Balaban J connectivity index is 1.63. The number of carbonyl (C=O) groups excluding carboxylic acids is 1. The number of halogens is 1. The van der Waals surface area contributed by atoms with Crippen molar-refractivity contribution in [2.75, 3.05) is 5.73 Å². The Morgan fingerprint density at radius 2 is 2.03 bits per heavy atom. The number of nitrogens with one attached hydrogen (secondary N) is 1. The number of nitrogen functional groups attached to an aromatic ring is 1. The van der Waals surface area contributed by atoms with Crippen LogP contribution in [0.25, 0.3) is 11.0 Å². The molecule has 0 saturated carbocycles. The number of hydrogen-bond donors (Lipinski definition) is 2. The van der Waals surface area contributed by atoms with Gasteiger partial charge in [-0.15, -0.1) is 11.3 Å². The molecule has 4 rings (SSSR count). The Kier molecular flexibility index (Phi) is 6.17. The third-order valence-corrected chi connectivity index (χ3v) is 6.24. The van der Waals surface area contributed by atoms with E-state index in [1.807, 2.05) is 35.2 Å². The van der Waals surface area contributed by atoms with E-state index in [1.54, 1.807) is 12.1 Å². The van der Waals surface area contributed by atoms with Crippen molar-refractivity contribution in [3.63, 3.8) is 0 Å². The Labute approximate surface area is 195 Å². The van der Waals surface area contributed by atoms with Gasteiger partial charge >= 0.3 is 0 Å². The van der Waals surface area contributed by atoms with Crippen molar-refractivity contribution in [3.05, 3.63) is 74.3 Å². The first-order valence-corrected chi connectivity index (χ1v) is 11.3. The van der Waals surface area contributed by atoms with Crippen LogP contribution >= 0.6 is 22.9 Å². The van der Waals surface area contributed by atoms with Gasteiger partial charge in [-0.05, 0) is 55.5 Å². The van der Waals surface area contributed by atoms with E-state index in [9.17, 15) is 4.79 Å². The minimum atomic E-state index is -0.163. The highest BCUT2D eigenvalue weighted by atomic mass is 35.5. The first-order valence-electron chi connectivity index (χ1n) is 10.1. The zero-order valence-corrected chi connectivity index (χ0v) is 19.5. The molecule has 0 aliphatic rings. The van der Waals surface area contributed by atoms with E-state index in [2.05, 4.69) is 41.0 Å². The van der Waals surface area contributed by atoms with Crippen LogP contribution in [0.3, 0.4) is 0 Å². The summed E-state index contributed by atoms with van der Waals surface area (Å²) in [6.07, 6.45) is 3.41.